The van der Waals surface area contributed by atoms with Gasteiger partial charge in [-0.1, -0.05) is 45.4 Å². The van der Waals surface area contributed by atoms with E-state index in [-0.39, 0.29) is 23.0 Å². The van der Waals surface area contributed by atoms with E-state index in [0.29, 0.717) is 17.2 Å². The number of esters is 1. The van der Waals surface area contributed by atoms with E-state index in [0.717, 1.165) is 39.9 Å². The van der Waals surface area contributed by atoms with Crippen LogP contribution in [0.3, 0.4) is 0 Å². The fourth-order valence-corrected chi connectivity index (χ4v) is 4.50. The van der Waals surface area contributed by atoms with Gasteiger partial charge in [0.05, 0.1) is 24.4 Å². The molecule has 0 aliphatic heterocycles. The molecule has 0 bridgehead atoms. The van der Waals surface area contributed by atoms with Crippen molar-refractivity contribution in [2.75, 3.05) is 18.4 Å². The normalized spacial score (nSPS) is 11.0. The van der Waals surface area contributed by atoms with Gasteiger partial charge in [-0.05, 0) is 92.2 Å². The Bertz CT molecular complexity index is 1560. The Morgan fingerprint density at radius 3 is 2.20 bits per heavy atom. The summed E-state index contributed by atoms with van der Waals surface area (Å²) in [5, 5.41) is 10.5. The molecule has 232 valence electrons. The minimum Gasteiger partial charge on any atom is -0.497 e. The first-order chi connectivity index (χ1) is 21.1. The molecular weight excluding hydrogens is 576 g/mol. The molecule has 3 aromatic carbocycles. The molecule has 0 radical (unpaired) electrons. The van der Waals surface area contributed by atoms with Crippen LogP contribution in [0.4, 0.5) is 16.2 Å². The van der Waals surface area contributed by atoms with E-state index in [1.165, 1.54) is 5.56 Å². The third kappa shape index (κ3) is 9.43. The first kappa shape index (κ1) is 33.9. The van der Waals surface area contributed by atoms with Gasteiger partial charge in [-0.2, -0.15) is 0 Å². The third-order valence-corrected chi connectivity index (χ3v) is 6.90. The minimum atomic E-state index is -0.491. The molecular formula is C33H40N6O4S. The van der Waals surface area contributed by atoms with Crippen molar-refractivity contribution in [2.45, 2.75) is 48.5 Å². The highest BCUT2D eigenvalue weighted by molar-refractivity contribution is 8.13. The first-order valence-corrected chi connectivity index (χ1v) is 15.3. The summed E-state index contributed by atoms with van der Waals surface area (Å²) in [5.74, 6) is 0.694. The summed E-state index contributed by atoms with van der Waals surface area (Å²) >= 11 is 1.11. The number of aromatic nitrogens is 3. The highest BCUT2D eigenvalue weighted by Crippen LogP contribution is 2.29. The van der Waals surface area contributed by atoms with Crippen molar-refractivity contribution in [1.82, 2.24) is 20.1 Å². The molecule has 0 atom stereocenters. The second kappa shape index (κ2) is 16.3. The molecule has 4 aromatic rings. The summed E-state index contributed by atoms with van der Waals surface area (Å²) in [6.45, 7) is 13.4. The molecule has 0 spiro atoms. The van der Waals surface area contributed by atoms with Gasteiger partial charge in [0.15, 0.2) is 11.0 Å². The van der Waals surface area contributed by atoms with Crippen molar-refractivity contribution in [3.8, 4) is 22.8 Å². The maximum absolute atomic E-state index is 13.0. The lowest BCUT2D eigenvalue weighted by Crippen LogP contribution is -2.33. The summed E-state index contributed by atoms with van der Waals surface area (Å²) in [6, 6.07) is 18.5. The largest absolute Gasteiger partial charge is 0.497 e. The number of amidine groups is 1. The summed E-state index contributed by atoms with van der Waals surface area (Å²) in [4.78, 5) is 34.0. The number of aliphatic imine (C=N–C) groups is 1. The number of aryl methyl sites for hydroxylation is 3. The lowest BCUT2D eigenvalue weighted by atomic mass is 10.1. The number of thioether (sulfide) groups is 1. The van der Waals surface area contributed by atoms with Crippen molar-refractivity contribution in [2.24, 2.45) is 10.9 Å². The molecule has 0 saturated heterocycles. The van der Waals surface area contributed by atoms with Gasteiger partial charge in [0, 0.05) is 11.3 Å². The van der Waals surface area contributed by atoms with Gasteiger partial charge in [0.2, 0.25) is 0 Å². The standard InChI is InChI=1S/C31H34N6O4S.C2H6/c1-19(2)29(38)41-18-42-31(34-27-21(4)15-26(40-6)16-22(27)5)35-30(39)33-24-11-9-23(10-12-24)28-32-17-37(36-28)25-13-7-20(3)8-14-25;1-2/h7-17,19H,18H2,1-6H3,(H2,33,34,35,39);1-2H3. The molecule has 0 aliphatic carbocycles. The molecule has 10 nitrogen and oxygen atoms in total. The van der Waals surface area contributed by atoms with Crippen molar-refractivity contribution in [3.05, 3.63) is 83.7 Å². The molecule has 11 heteroatoms. The van der Waals surface area contributed by atoms with Gasteiger partial charge < -0.3 is 14.8 Å². The Morgan fingerprint density at radius 2 is 1.61 bits per heavy atom. The van der Waals surface area contributed by atoms with Gasteiger partial charge in [0.25, 0.3) is 0 Å². The number of benzene rings is 3. The minimum absolute atomic E-state index is 0.00130. The smallest absolute Gasteiger partial charge is 0.325 e. The predicted octanol–water partition coefficient (Wildman–Crippen LogP) is 7.59. The maximum atomic E-state index is 13.0. The van der Waals surface area contributed by atoms with Gasteiger partial charge in [0.1, 0.15) is 18.0 Å². The topological polar surface area (TPSA) is 120 Å². The number of nitrogens with one attached hydrogen (secondary N) is 2. The predicted molar refractivity (Wildman–Crippen MR) is 178 cm³/mol. The SMILES string of the molecule is CC.COc1cc(C)c(N=C(NC(=O)Nc2ccc(-c3ncn(-c4ccc(C)cc4)n3)cc2)SCOC(=O)C(C)C)c(C)c1. The van der Waals surface area contributed by atoms with Crippen LogP contribution >= 0.6 is 11.8 Å². The second-order valence-corrected chi connectivity index (χ2v) is 10.8. The highest BCUT2D eigenvalue weighted by Gasteiger charge is 2.14. The number of carbonyl (C=O) groups is 2. The van der Waals surface area contributed by atoms with Gasteiger partial charge in [-0.15, -0.1) is 5.10 Å². The zero-order chi connectivity index (χ0) is 32.2. The number of amides is 2. The average Bonchev–Trinajstić information content (AvgIpc) is 3.50. The number of methoxy groups -OCH3 is 1. The Kier molecular flexibility index (Phi) is 12.5. The van der Waals surface area contributed by atoms with Crippen LogP contribution < -0.4 is 15.4 Å². The van der Waals surface area contributed by atoms with Gasteiger partial charge in [-0.25, -0.2) is 19.5 Å². The fourth-order valence-electron chi connectivity index (χ4n) is 3.90. The van der Waals surface area contributed by atoms with E-state index in [1.807, 2.05) is 83.1 Å². The van der Waals surface area contributed by atoms with Crippen LogP contribution in [0.5, 0.6) is 5.75 Å². The molecule has 0 fully saturated rings. The number of hydrogen-bond acceptors (Lipinski definition) is 8. The summed E-state index contributed by atoms with van der Waals surface area (Å²) in [6.07, 6.45) is 1.67. The Labute approximate surface area is 263 Å². The van der Waals surface area contributed by atoms with Crippen molar-refractivity contribution >= 4 is 40.3 Å². The third-order valence-electron chi connectivity index (χ3n) is 6.19. The maximum Gasteiger partial charge on any atom is 0.325 e. The molecule has 0 aliphatic rings. The zero-order valence-corrected chi connectivity index (χ0v) is 27.3. The first-order valence-electron chi connectivity index (χ1n) is 14.3. The van der Waals surface area contributed by atoms with Crippen molar-refractivity contribution in [3.63, 3.8) is 0 Å². The summed E-state index contributed by atoms with van der Waals surface area (Å²) < 4.78 is 12.4. The molecule has 0 unspecified atom stereocenters. The highest BCUT2D eigenvalue weighted by atomic mass is 32.2. The van der Waals surface area contributed by atoms with E-state index in [4.69, 9.17) is 9.47 Å². The molecule has 44 heavy (non-hydrogen) atoms. The number of nitrogens with zero attached hydrogens (tertiary/aromatic N) is 4. The average molecular weight is 617 g/mol. The Balaban J connectivity index is 0.00000259. The van der Waals surface area contributed by atoms with Crippen LogP contribution in [-0.4, -0.2) is 45.0 Å². The quantitative estimate of drug-likeness (QED) is 0.0906. The Hall–Kier alpha value is -4.64. The monoisotopic (exact) mass is 616 g/mol. The molecule has 2 N–H and O–H groups in total. The van der Waals surface area contributed by atoms with Crippen LogP contribution in [0.1, 0.15) is 44.4 Å². The number of carbonyl (C=O) groups excluding carboxylic acids is 2. The number of rotatable bonds is 8. The van der Waals surface area contributed by atoms with Gasteiger partial charge >= 0.3 is 12.0 Å². The van der Waals surface area contributed by atoms with E-state index < -0.39 is 6.03 Å². The van der Waals surface area contributed by atoms with Gasteiger partial charge in [-0.3, -0.25) is 10.1 Å². The number of ether oxygens (including phenoxy) is 2. The van der Waals surface area contributed by atoms with E-state index >= 15 is 0 Å². The fraction of sp³-hybridized carbons (Fsp3) is 0.303. The van der Waals surface area contributed by atoms with Crippen LogP contribution in [0.2, 0.25) is 0 Å². The van der Waals surface area contributed by atoms with Crippen molar-refractivity contribution in [1.29, 1.82) is 0 Å². The molecule has 0 saturated carbocycles. The van der Waals surface area contributed by atoms with Crippen molar-refractivity contribution < 1.29 is 19.1 Å². The molecule has 1 aromatic heterocycles. The van der Waals surface area contributed by atoms with E-state index in [2.05, 4.69) is 25.7 Å². The van der Waals surface area contributed by atoms with E-state index in [9.17, 15) is 9.59 Å². The Morgan fingerprint density at radius 1 is 0.977 bits per heavy atom. The zero-order valence-electron chi connectivity index (χ0n) is 26.5. The number of urea groups is 1. The number of hydrogen-bond donors (Lipinski definition) is 2. The van der Waals surface area contributed by atoms with Crippen LogP contribution in [0.15, 0.2) is 72.0 Å². The lowest BCUT2D eigenvalue weighted by molar-refractivity contribution is -0.144. The van der Waals surface area contributed by atoms with Crippen LogP contribution in [-0.2, 0) is 9.53 Å². The second-order valence-electron chi connectivity index (χ2n) is 9.91. The van der Waals surface area contributed by atoms with Crippen LogP contribution in [0, 0.1) is 26.7 Å². The molecule has 1 heterocycles. The summed E-state index contributed by atoms with van der Waals surface area (Å²) in [7, 11) is 1.61. The molecule has 4 rings (SSSR count). The van der Waals surface area contributed by atoms with Crippen LogP contribution in [0.25, 0.3) is 17.1 Å². The van der Waals surface area contributed by atoms with E-state index in [1.54, 1.807) is 44.1 Å². The molecule has 2 amide bonds. The lowest BCUT2D eigenvalue weighted by Gasteiger charge is -2.13. The summed E-state index contributed by atoms with van der Waals surface area (Å²) in [5.41, 5.74) is 5.91. The number of anilines is 1.